The van der Waals surface area contributed by atoms with Gasteiger partial charge in [0.2, 0.25) is 15.9 Å². The first-order chi connectivity index (χ1) is 13.0. The highest BCUT2D eigenvalue weighted by Crippen LogP contribution is 2.21. The van der Waals surface area contributed by atoms with Crippen LogP contribution in [0.3, 0.4) is 0 Å². The molecule has 2 aromatic rings. The molecule has 0 radical (unpaired) electrons. The van der Waals surface area contributed by atoms with Crippen molar-refractivity contribution in [1.82, 2.24) is 9.21 Å². The van der Waals surface area contributed by atoms with Gasteiger partial charge in [-0.3, -0.25) is 4.79 Å². The Kier molecular flexibility index (Phi) is 6.52. The summed E-state index contributed by atoms with van der Waals surface area (Å²) >= 11 is 5.89. The molecule has 27 heavy (non-hydrogen) atoms. The van der Waals surface area contributed by atoms with Crippen LogP contribution in [0.2, 0.25) is 5.02 Å². The van der Waals surface area contributed by atoms with Gasteiger partial charge in [-0.1, -0.05) is 41.9 Å². The number of nitrogens with zero attached hydrogens (tertiary/aromatic N) is 2. The fourth-order valence-electron chi connectivity index (χ4n) is 3.16. The smallest absolute Gasteiger partial charge is 0.243 e. The van der Waals surface area contributed by atoms with Gasteiger partial charge in [-0.25, -0.2) is 8.42 Å². The predicted molar refractivity (Wildman–Crippen MR) is 106 cm³/mol. The molecule has 1 heterocycles. The molecule has 0 bridgehead atoms. The fourth-order valence-corrected chi connectivity index (χ4v) is 4.67. The average molecular weight is 407 g/mol. The second-order valence-electron chi connectivity index (χ2n) is 6.65. The number of carbonyl (C=O) groups excluding carboxylic acids is 1. The lowest BCUT2D eigenvalue weighted by Crippen LogP contribution is -2.44. The van der Waals surface area contributed by atoms with Crippen LogP contribution in [0.15, 0.2) is 59.5 Å². The van der Waals surface area contributed by atoms with Crippen LogP contribution in [0.4, 0.5) is 0 Å². The van der Waals surface area contributed by atoms with E-state index in [0.29, 0.717) is 18.1 Å². The number of sulfonamides is 1. The lowest BCUT2D eigenvalue weighted by molar-refractivity contribution is -0.132. The number of amides is 1. The largest absolute Gasteiger partial charge is 0.342 e. The summed E-state index contributed by atoms with van der Waals surface area (Å²) in [5.41, 5.74) is 0.835. The Balaban J connectivity index is 1.86. The number of hydrogen-bond donors (Lipinski definition) is 0. The molecule has 0 unspecified atom stereocenters. The summed E-state index contributed by atoms with van der Waals surface area (Å²) in [6.45, 7) is 1.36. The number of carbonyl (C=O) groups is 1. The molecule has 1 aliphatic rings. The van der Waals surface area contributed by atoms with Crippen molar-refractivity contribution in [3.63, 3.8) is 0 Å². The van der Waals surface area contributed by atoms with Gasteiger partial charge in [-0.2, -0.15) is 4.31 Å². The van der Waals surface area contributed by atoms with Crippen molar-refractivity contribution in [2.24, 2.45) is 0 Å². The minimum absolute atomic E-state index is 0.134. The number of benzene rings is 2. The second-order valence-corrected chi connectivity index (χ2v) is 9.03. The Morgan fingerprint density at radius 2 is 1.59 bits per heavy atom. The molecule has 1 amide bonds. The minimum Gasteiger partial charge on any atom is -0.342 e. The molecule has 5 nitrogen and oxygen atoms in total. The van der Waals surface area contributed by atoms with Crippen LogP contribution in [0.5, 0.6) is 0 Å². The van der Waals surface area contributed by atoms with Crippen LogP contribution < -0.4 is 0 Å². The van der Waals surface area contributed by atoms with Crippen LogP contribution in [-0.4, -0.2) is 43.2 Å². The Labute approximate surface area is 165 Å². The normalized spacial score (nSPS) is 15.1. The lowest BCUT2D eigenvalue weighted by atomic mass is 10.1. The molecule has 1 saturated heterocycles. The van der Waals surface area contributed by atoms with E-state index in [9.17, 15) is 13.2 Å². The van der Waals surface area contributed by atoms with Gasteiger partial charge >= 0.3 is 0 Å². The van der Waals surface area contributed by atoms with Gasteiger partial charge < -0.3 is 4.90 Å². The van der Waals surface area contributed by atoms with E-state index in [-0.39, 0.29) is 23.9 Å². The molecule has 0 aliphatic carbocycles. The molecule has 1 aliphatic heterocycles. The summed E-state index contributed by atoms with van der Waals surface area (Å²) in [5.74, 6) is -0.150. The molecule has 1 fully saturated rings. The van der Waals surface area contributed by atoms with Crippen molar-refractivity contribution >= 4 is 27.5 Å². The topological polar surface area (TPSA) is 57.7 Å². The highest BCUT2D eigenvalue weighted by Gasteiger charge is 2.29. The lowest BCUT2D eigenvalue weighted by Gasteiger charge is -2.29. The van der Waals surface area contributed by atoms with Crippen LogP contribution in [-0.2, 0) is 21.4 Å². The summed E-state index contributed by atoms with van der Waals surface area (Å²) in [5, 5.41) is 0.466. The van der Waals surface area contributed by atoms with E-state index >= 15 is 0 Å². The third kappa shape index (κ3) is 5.09. The minimum atomic E-state index is -3.82. The predicted octanol–water partition coefficient (Wildman–Crippen LogP) is 3.54. The van der Waals surface area contributed by atoms with Gasteiger partial charge in [0, 0.05) is 24.7 Å². The van der Waals surface area contributed by atoms with E-state index in [0.717, 1.165) is 24.8 Å². The van der Waals surface area contributed by atoms with Gasteiger partial charge in [-0.05, 0) is 49.1 Å². The van der Waals surface area contributed by atoms with Crippen molar-refractivity contribution in [3.05, 3.63) is 65.2 Å². The van der Waals surface area contributed by atoms with E-state index in [1.165, 1.54) is 16.4 Å². The van der Waals surface area contributed by atoms with Gasteiger partial charge in [0.1, 0.15) is 0 Å². The number of likely N-dealkylation sites (tertiary alicyclic amines) is 1. The van der Waals surface area contributed by atoms with Crippen molar-refractivity contribution in [1.29, 1.82) is 0 Å². The van der Waals surface area contributed by atoms with Crippen LogP contribution in [0, 0.1) is 0 Å². The fraction of sp³-hybridized carbons (Fsp3) is 0.350. The van der Waals surface area contributed by atoms with Crippen molar-refractivity contribution in [3.8, 4) is 0 Å². The molecule has 3 rings (SSSR count). The van der Waals surface area contributed by atoms with E-state index in [1.54, 1.807) is 17.0 Å². The van der Waals surface area contributed by atoms with Crippen LogP contribution in [0.25, 0.3) is 0 Å². The Morgan fingerprint density at radius 1 is 0.963 bits per heavy atom. The highest BCUT2D eigenvalue weighted by atomic mass is 35.5. The highest BCUT2D eigenvalue weighted by molar-refractivity contribution is 7.89. The van der Waals surface area contributed by atoms with Crippen LogP contribution in [0.1, 0.15) is 24.8 Å². The summed E-state index contributed by atoms with van der Waals surface area (Å²) in [7, 11) is -3.82. The molecule has 144 valence electrons. The van der Waals surface area contributed by atoms with E-state index in [2.05, 4.69) is 0 Å². The van der Waals surface area contributed by atoms with Crippen LogP contribution >= 0.6 is 11.6 Å². The Bertz CT molecular complexity index is 864. The quantitative estimate of drug-likeness (QED) is 0.737. The zero-order valence-corrected chi connectivity index (χ0v) is 16.6. The van der Waals surface area contributed by atoms with Crippen molar-refractivity contribution < 1.29 is 13.2 Å². The molecular weight excluding hydrogens is 384 g/mol. The number of halogens is 1. The zero-order chi connectivity index (χ0) is 19.3. The van der Waals surface area contributed by atoms with Gasteiger partial charge in [0.05, 0.1) is 11.4 Å². The summed E-state index contributed by atoms with van der Waals surface area (Å²) in [6, 6.07) is 15.3. The number of rotatable bonds is 6. The third-order valence-electron chi connectivity index (χ3n) is 4.67. The number of piperidine rings is 1. The molecule has 0 atom stereocenters. The van der Waals surface area contributed by atoms with E-state index < -0.39 is 10.0 Å². The first kappa shape index (κ1) is 19.9. The third-order valence-corrected chi connectivity index (χ3v) is 6.73. The molecule has 0 saturated carbocycles. The maximum absolute atomic E-state index is 13.2. The second kappa shape index (κ2) is 8.87. The van der Waals surface area contributed by atoms with E-state index in [4.69, 9.17) is 11.6 Å². The average Bonchev–Trinajstić information content (AvgIpc) is 2.69. The zero-order valence-electron chi connectivity index (χ0n) is 15.1. The van der Waals surface area contributed by atoms with Crippen molar-refractivity contribution in [2.45, 2.75) is 30.7 Å². The Hall–Kier alpha value is -1.89. The molecule has 0 aromatic heterocycles. The van der Waals surface area contributed by atoms with Crippen molar-refractivity contribution in [2.75, 3.05) is 19.6 Å². The summed E-state index contributed by atoms with van der Waals surface area (Å²) in [6.07, 6.45) is 3.04. The maximum atomic E-state index is 13.2. The summed E-state index contributed by atoms with van der Waals surface area (Å²) < 4.78 is 27.6. The molecular formula is C20H23ClN2O3S. The molecule has 2 aromatic carbocycles. The Morgan fingerprint density at radius 3 is 2.22 bits per heavy atom. The summed E-state index contributed by atoms with van der Waals surface area (Å²) in [4.78, 5) is 14.6. The molecule has 0 spiro atoms. The van der Waals surface area contributed by atoms with Gasteiger partial charge in [-0.15, -0.1) is 0 Å². The molecule has 7 heteroatoms. The van der Waals surface area contributed by atoms with Gasteiger partial charge in [0.15, 0.2) is 0 Å². The molecule has 0 N–H and O–H groups in total. The maximum Gasteiger partial charge on any atom is 0.243 e. The number of hydrogen-bond acceptors (Lipinski definition) is 3. The first-order valence-corrected chi connectivity index (χ1v) is 10.9. The standard InChI is InChI=1S/C20H23ClN2O3S/c21-18-9-11-19(12-10-18)27(25,26)23(15-17-7-3-1-4-8-17)16-20(24)22-13-5-2-6-14-22/h1,3-4,7-12H,2,5-6,13-16H2. The van der Waals surface area contributed by atoms with Gasteiger partial charge in [0.25, 0.3) is 0 Å². The first-order valence-electron chi connectivity index (χ1n) is 9.04. The monoisotopic (exact) mass is 406 g/mol. The SMILES string of the molecule is O=C(CN(Cc1ccccc1)S(=O)(=O)c1ccc(Cl)cc1)N1CCCCC1. The van der Waals surface area contributed by atoms with E-state index in [1.807, 2.05) is 30.3 Å².